The summed E-state index contributed by atoms with van der Waals surface area (Å²) in [5.41, 5.74) is 1.26. The Bertz CT molecular complexity index is 1360. The van der Waals surface area contributed by atoms with Crippen LogP contribution in [0.5, 0.6) is 0 Å². The van der Waals surface area contributed by atoms with Gasteiger partial charge in [-0.2, -0.15) is 0 Å². The molecule has 224 valence electrons. The van der Waals surface area contributed by atoms with Crippen LogP contribution < -0.4 is 50.6 Å². The Balaban J connectivity index is 0.00000423. The molecule has 0 saturated carbocycles. The van der Waals surface area contributed by atoms with Gasteiger partial charge in [-0.25, -0.2) is 14.5 Å². The second-order valence-electron chi connectivity index (χ2n) is 9.60. The summed E-state index contributed by atoms with van der Waals surface area (Å²) in [4.78, 5) is 81.1. The minimum absolute atomic E-state index is 0. The van der Waals surface area contributed by atoms with Gasteiger partial charge in [0.25, 0.3) is 5.91 Å². The molecule has 0 bridgehead atoms. The molecule has 3 fully saturated rings. The molecular weight excluding hydrogens is 632 g/mol. The summed E-state index contributed by atoms with van der Waals surface area (Å²) >= 11 is 4.59. The average Bonchev–Trinajstić information content (AvgIpc) is 3.63. The Morgan fingerprint density at radius 2 is 1.93 bits per heavy atom. The van der Waals surface area contributed by atoms with E-state index in [9.17, 15) is 33.9 Å². The molecule has 0 aromatic rings. The number of nitrogens with one attached hydrogen (secondary N) is 3. The molecule has 0 aromatic heterocycles. The zero-order valence-electron chi connectivity index (χ0n) is 23.4. The normalized spacial score (nSPS) is 24.3. The summed E-state index contributed by atoms with van der Waals surface area (Å²) in [7, 11) is 0. The number of thioether (sulfide) groups is 3. The van der Waals surface area contributed by atoms with Crippen LogP contribution in [-0.2, 0) is 23.9 Å². The summed E-state index contributed by atoms with van der Waals surface area (Å²) in [6.45, 7) is 1.45. The minimum Gasteiger partial charge on any atom is -0.543 e. The van der Waals surface area contributed by atoms with E-state index >= 15 is 0 Å². The van der Waals surface area contributed by atoms with Crippen molar-refractivity contribution in [3.8, 4) is 0 Å². The van der Waals surface area contributed by atoms with Gasteiger partial charge in [-0.05, 0) is 5.57 Å². The van der Waals surface area contributed by atoms with Crippen LogP contribution >= 0.6 is 35.3 Å². The van der Waals surface area contributed by atoms with Crippen LogP contribution in [0.3, 0.4) is 0 Å². The number of carbonyl (C=O) groups excluding carboxylic acids is 6. The van der Waals surface area contributed by atoms with Crippen LogP contribution in [0.1, 0.15) is 19.8 Å². The van der Waals surface area contributed by atoms with Crippen LogP contribution in [0, 0.1) is 0 Å². The molecule has 14 nitrogen and oxygen atoms in total. The van der Waals surface area contributed by atoms with Crippen LogP contribution in [0.2, 0.25) is 0 Å². The van der Waals surface area contributed by atoms with Crippen molar-refractivity contribution in [2.75, 3.05) is 37.0 Å². The van der Waals surface area contributed by atoms with E-state index in [0.29, 0.717) is 29.9 Å². The number of aliphatic imine (C=N–C) groups is 1. The third kappa shape index (κ3) is 7.45. The largest absolute Gasteiger partial charge is 1.00 e. The fourth-order valence-electron chi connectivity index (χ4n) is 4.86. The predicted molar refractivity (Wildman–Crippen MR) is 154 cm³/mol. The Kier molecular flexibility index (Phi) is 11.3. The van der Waals surface area contributed by atoms with Crippen LogP contribution in [0.15, 0.2) is 39.7 Å². The van der Waals surface area contributed by atoms with Gasteiger partial charge in [0.15, 0.2) is 0 Å². The molecule has 1 aliphatic carbocycles. The number of fused-ring (bicyclic) bond motifs is 1. The topological polar surface area (TPSA) is 190 Å². The molecule has 3 N–H and O–H groups in total. The molecule has 4 heterocycles. The average molecular weight is 659 g/mol. The molecule has 0 radical (unpaired) electrons. The minimum atomic E-state index is -1.57. The number of hydrogen-bond acceptors (Lipinski definition) is 12. The van der Waals surface area contributed by atoms with E-state index < -0.39 is 47.2 Å². The zero-order chi connectivity index (χ0) is 30.0. The molecule has 4 aliphatic heterocycles. The quantitative estimate of drug-likeness (QED) is 0.133. The number of ether oxygens (including phenoxy) is 1. The monoisotopic (exact) mass is 658 g/mol. The molecule has 5 aliphatic rings. The number of esters is 1. The summed E-state index contributed by atoms with van der Waals surface area (Å²) < 4.78 is 4.87. The van der Waals surface area contributed by atoms with Gasteiger partial charge in [0.2, 0.25) is 5.91 Å². The molecule has 1 unspecified atom stereocenters. The Morgan fingerprint density at radius 3 is 2.58 bits per heavy atom. The van der Waals surface area contributed by atoms with Crippen molar-refractivity contribution < 1.29 is 68.2 Å². The molecule has 43 heavy (non-hydrogen) atoms. The standard InChI is InChI=1S/C25H28N6O8S3.Na/c1-12(32)39-10-14-11-42-21-18(20(34)31(21)19(14)22(35)36)28-16(33)9-13-3-2-4-15(27-25-40-7-8-41-25)17(13)29-24(38)30-6-5-26-23(30)37;/h2-3,18,21,25H,4-11H2,1H3,(H,26,37)(H,28,33)(H,29,38)(H,35,36);/q;+1/p-1/t18?,21-;/m0./s1. The van der Waals surface area contributed by atoms with E-state index in [2.05, 4.69) is 16.0 Å². The third-order valence-corrected chi connectivity index (χ3v) is 10.9. The van der Waals surface area contributed by atoms with E-state index in [4.69, 9.17) is 9.73 Å². The van der Waals surface area contributed by atoms with Gasteiger partial charge in [-0.3, -0.25) is 24.3 Å². The first-order valence-corrected chi connectivity index (χ1v) is 16.2. The predicted octanol–water partition coefficient (Wildman–Crippen LogP) is -3.50. The van der Waals surface area contributed by atoms with Gasteiger partial charge in [0.1, 0.15) is 22.7 Å². The van der Waals surface area contributed by atoms with Gasteiger partial charge >= 0.3 is 47.6 Å². The Labute approximate surface area is 281 Å². The maximum absolute atomic E-state index is 13.2. The fraction of sp³-hybridized carbons (Fsp3) is 0.480. The molecule has 6 amide bonds. The summed E-state index contributed by atoms with van der Waals surface area (Å²) in [5, 5.41) is 19.2. The smallest absolute Gasteiger partial charge is 0.543 e. The number of carboxylic acids is 1. The van der Waals surface area contributed by atoms with Gasteiger partial charge in [0.05, 0.1) is 29.5 Å². The van der Waals surface area contributed by atoms with Gasteiger partial charge < -0.3 is 30.6 Å². The number of imide groups is 1. The van der Waals surface area contributed by atoms with E-state index in [-0.39, 0.29) is 70.9 Å². The summed E-state index contributed by atoms with van der Waals surface area (Å²) in [6, 6.07) is -2.13. The molecule has 18 heteroatoms. The molecule has 5 rings (SSSR count). The molecular formula is C25H27N6NaO8S3. The number of amides is 6. The van der Waals surface area contributed by atoms with Crippen molar-refractivity contribution in [1.29, 1.82) is 0 Å². The number of rotatable bonds is 8. The van der Waals surface area contributed by atoms with E-state index in [1.165, 1.54) is 18.7 Å². The van der Waals surface area contributed by atoms with Gasteiger partial charge in [-0.1, -0.05) is 12.2 Å². The van der Waals surface area contributed by atoms with Crippen molar-refractivity contribution >= 4 is 76.8 Å². The summed E-state index contributed by atoms with van der Waals surface area (Å²) in [6.07, 6.45) is 3.76. The first-order valence-electron chi connectivity index (χ1n) is 13.0. The maximum Gasteiger partial charge on any atom is 1.00 e. The maximum atomic E-state index is 13.2. The van der Waals surface area contributed by atoms with Gasteiger partial charge in [-0.15, -0.1) is 35.3 Å². The molecule has 0 spiro atoms. The summed E-state index contributed by atoms with van der Waals surface area (Å²) in [5.74, 6) is -1.25. The van der Waals surface area contributed by atoms with Crippen molar-refractivity contribution in [1.82, 2.24) is 25.8 Å². The number of β-lactam (4-membered cyclic amide) rings is 1. The molecule has 2 atom stereocenters. The third-order valence-electron chi connectivity index (χ3n) is 6.80. The molecule has 3 saturated heterocycles. The second-order valence-corrected chi connectivity index (χ2v) is 13.4. The van der Waals surface area contributed by atoms with Crippen LogP contribution in [0.4, 0.5) is 9.59 Å². The Morgan fingerprint density at radius 1 is 1.19 bits per heavy atom. The number of aliphatic carboxylic acids is 1. The molecule has 0 aromatic carbocycles. The first kappa shape index (κ1) is 33.5. The number of hydrogen-bond donors (Lipinski definition) is 3. The Hall–Kier alpha value is -2.44. The second kappa shape index (κ2) is 14.6. The number of nitrogens with zero attached hydrogens (tertiary/aromatic N) is 3. The van der Waals surface area contributed by atoms with Crippen molar-refractivity contribution in [2.24, 2.45) is 4.99 Å². The van der Waals surface area contributed by atoms with E-state index in [0.717, 1.165) is 21.3 Å². The van der Waals surface area contributed by atoms with Gasteiger partial charge in [0, 0.05) is 49.3 Å². The van der Waals surface area contributed by atoms with Crippen LogP contribution in [-0.4, -0.2) is 104 Å². The fourth-order valence-corrected chi connectivity index (χ4v) is 8.72. The van der Waals surface area contributed by atoms with E-state index in [1.54, 1.807) is 29.6 Å². The zero-order valence-corrected chi connectivity index (χ0v) is 27.8. The number of urea groups is 2. The number of carboxylic acid groups (broad SMARTS) is 1. The number of allylic oxidation sites excluding steroid dienone is 3. The van der Waals surface area contributed by atoms with Crippen LogP contribution in [0.25, 0.3) is 0 Å². The van der Waals surface area contributed by atoms with Crippen molar-refractivity contribution in [2.45, 2.75) is 35.9 Å². The number of carbonyl (C=O) groups is 6. The SMILES string of the molecule is CC(=O)OCC1=C(C(=O)[O-])N2C(=O)C(NC(=O)CC3=C(NC(=O)N4CCNC4=O)C(=NC4SCCS4)CC=C3)[C@@H]2SC1.[Na+]. The van der Waals surface area contributed by atoms with Crippen molar-refractivity contribution in [3.05, 3.63) is 34.7 Å². The van der Waals surface area contributed by atoms with E-state index in [1.807, 2.05) is 6.08 Å². The van der Waals surface area contributed by atoms with Crippen molar-refractivity contribution in [3.63, 3.8) is 0 Å². The first-order chi connectivity index (χ1) is 20.1.